The summed E-state index contributed by atoms with van der Waals surface area (Å²) in [6, 6.07) is 18.7. The van der Waals surface area contributed by atoms with Gasteiger partial charge >= 0.3 is 5.97 Å². The topological polar surface area (TPSA) is 64.4 Å². The quantitative estimate of drug-likeness (QED) is 0.608. The number of nitrogens with zero attached hydrogens (tertiary/aromatic N) is 3. The Morgan fingerprint density at radius 3 is 2.37 bits per heavy atom. The smallest absolute Gasteiger partial charge is 0.337 e. The molecule has 3 aromatic rings. The molecule has 0 spiro atoms. The Kier molecular flexibility index (Phi) is 5.93. The van der Waals surface area contributed by atoms with Crippen LogP contribution in [0.2, 0.25) is 0 Å². The first-order chi connectivity index (χ1) is 14.7. The summed E-state index contributed by atoms with van der Waals surface area (Å²) in [5.41, 5.74) is 3.96. The average molecular weight is 403 g/mol. The lowest BCUT2D eigenvalue weighted by molar-refractivity contribution is 0.0600. The Morgan fingerprint density at radius 2 is 1.70 bits per heavy atom. The maximum atomic E-state index is 12.9. The first-order valence-electron chi connectivity index (χ1n) is 10.3. The number of ether oxygens (including phenoxy) is 1. The van der Waals surface area contributed by atoms with Gasteiger partial charge in [-0.1, -0.05) is 42.5 Å². The standard InChI is InChI=1S/C24H25N3O3/c1-30-24(29)20-12-10-18(11-13-20)17-27-22(28)16-21(26-14-6-3-7-15-26)23(25-27)19-8-4-2-5-9-19/h2,4-5,8-13,16H,3,6-7,14-15,17H2,1H3. The molecule has 0 aliphatic carbocycles. The predicted octanol–water partition coefficient (Wildman–Crippen LogP) is 3.74. The number of hydrogen-bond donors (Lipinski definition) is 0. The number of anilines is 1. The minimum Gasteiger partial charge on any atom is -0.465 e. The summed E-state index contributed by atoms with van der Waals surface area (Å²) in [5.74, 6) is -0.380. The van der Waals surface area contributed by atoms with Crippen LogP contribution in [0.5, 0.6) is 0 Å². The van der Waals surface area contributed by atoms with Crippen LogP contribution < -0.4 is 10.5 Å². The van der Waals surface area contributed by atoms with Gasteiger partial charge in [-0.05, 0) is 37.0 Å². The molecule has 1 fully saturated rings. The van der Waals surface area contributed by atoms with E-state index in [1.807, 2.05) is 42.5 Å². The highest BCUT2D eigenvalue weighted by atomic mass is 16.5. The van der Waals surface area contributed by atoms with E-state index in [2.05, 4.69) is 4.90 Å². The summed E-state index contributed by atoms with van der Waals surface area (Å²) < 4.78 is 6.23. The monoisotopic (exact) mass is 403 g/mol. The SMILES string of the molecule is COC(=O)c1ccc(Cn2nc(-c3ccccc3)c(N3CCCCC3)cc2=O)cc1. The van der Waals surface area contributed by atoms with Crippen molar-refractivity contribution in [1.29, 1.82) is 0 Å². The van der Waals surface area contributed by atoms with Gasteiger partial charge in [-0.25, -0.2) is 9.48 Å². The van der Waals surface area contributed by atoms with Gasteiger partial charge in [0.15, 0.2) is 0 Å². The maximum absolute atomic E-state index is 12.9. The first kappa shape index (κ1) is 19.9. The molecule has 0 saturated carbocycles. The normalized spacial score (nSPS) is 13.8. The van der Waals surface area contributed by atoms with E-state index in [1.165, 1.54) is 18.2 Å². The third-order valence-corrected chi connectivity index (χ3v) is 5.43. The van der Waals surface area contributed by atoms with Gasteiger partial charge in [-0.15, -0.1) is 0 Å². The Morgan fingerprint density at radius 1 is 1.00 bits per heavy atom. The molecule has 0 atom stereocenters. The van der Waals surface area contributed by atoms with Crippen LogP contribution in [0.25, 0.3) is 11.3 Å². The molecule has 30 heavy (non-hydrogen) atoms. The van der Waals surface area contributed by atoms with Crippen molar-refractivity contribution in [3.05, 3.63) is 82.1 Å². The van der Waals surface area contributed by atoms with Crippen LogP contribution in [0.1, 0.15) is 35.2 Å². The molecule has 0 N–H and O–H groups in total. The minimum atomic E-state index is -0.380. The number of esters is 1. The summed E-state index contributed by atoms with van der Waals surface area (Å²) in [6.45, 7) is 2.22. The number of carbonyl (C=O) groups is 1. The zero-order valence-corrected chi connectivity index (χ0v) is 17.1. The third-order valence-electron chi connectivity index (χ3n) is 5.43. The molecule has 4 rings (SSSR count). The second-order valence-corrected chi connectivity index (χ2v) is 7.48. The van der Waals surface area contributed by atoms with Crippen molar-refractivity contribution >= 4 is 11.7 Å². The number of hydrogen-bond acceptors (Lipinski definition) is 5. The fourth-order valence-electron chi connectivity index (χ4n) is 3.81. The Balaban J connectivity index is 1.70. The molecular weight excluding hydrogens is 378 g/mol. The molecule has 0 radical (unpaired) electrons. The summed E-state index contributed by atoms with van der Waals surface area (Å²) in [7, 11) is 1.36. The second kappa shape index (κ2) is 8.95. The Labute approximate surface area is 175 Å². The number of piperidine rings is 1. The van der Waals surface area contributed by atoms with Crippen LogP contribution in [0.15, 0.2) is 65.5 Å². The highest BCUT2D eigenvalue weighted by molar-refractivity contribution is 5.89. The van der Waals surface area contributed by atoms with Crippen LogP contribution in [0.3, 0.4) is 0 Å². The summed E-state index contributed by atoms with van der Waals surface area (Å²) in [4.78, 5) is 26.8. The zero-order chi connectivity index (χ0) is 20.9. The van der Waals surface area contributed by atoms with E-state index >= 15 is 0 Å². The van der Waals surface area contributed by atoms with Gasteiger partial charge in [-0.2, -0.15) is 5.10 Å². The largest absolute Gasteiger partial charge is 0.465 e. The fourth-order valence-corrected chi connectivity index (χ4v) is 3.81. The van der Waals surface area contributed by atoms with E-state index in [1.54, 1.807) is 18.2 Å². The van der Waals surface area contributed by atoms with Crippen LogP contribution in [0, 0.1) is 0 Å². The summed E-state index contributed by atoms with van der Waals surface area (Å²) in [6.07, 6.45) is 3.48. The average Bonchev–Trinajstić information content (AvgIpc) is 2.81. The van der Waals surface area contributed by atoms with Crippen LogP contribution in [0.4, 0.5) is 5.69 Å². The van der Waals surface area contributed by atoms with E-state index in [4.69, 9.17) is 9.84 Å². The molecule has 0 amide bonds. The van der Waals surface area contributed by atoms with Crippen molar-refractivity contribution in [2.24, 2.45) is 0 Å². The molecule has 6 nitrogen and oxygen atoms in total. The molecule has 1 aliphatic heterocycles. The molecule has 154 valence electrons. The van der Waals surface area contributed by atoms with E-state index in [-0.39, 0.29) is 11.5 Å². The second-order valence-electron chi connectivity index (χ2n) is 7.48. The summed E-state index contributed by atoms with van der Waals surface area (Å²) >= 11 is 0. The van der Waals surface area contributed by atoms with E-state index < -0.39 is 0 Å². The zero-order valence-electron chi connectivity index (χ0n) is 17.1. The number of benzene rings is 2. The maximum Gasteiger partial charge on any atom is 0.337 e. The number of carbonyl (C=O) groups excluding carboxylic acids is 1. The lowest BCUT2D eigenvalue weighted by Crippen LogP contribution is -2.33. The predicted molar refractivity (Wildman–Crippen MR) is 117 cm³/mol. The van der Waals surface area contributed by atoms with Gasteiger partial charge < -0.3 is 9.64 Å². The van der Waals surface area contributed by atoms with E-state index in [0.717, 1.165) is 48.4 Å². The molecule has 1 saturated heterocycles. The molecular formula is C24H25N3O3. The molecule has 0 bridgehead atoms. The number of methoxy groups -OCH3 is 1. The van der Waals surface area contributed by atoms with Crippen LogP contribution in [-0.2, 0) is 11.3 Å². The van der Waals surface area contributed by atoms with Gasteiger partial charge in [0.1, 0.15) is 5.69 Å². The highest BCUT2D eigenvalue weighted by Crippen LogP contribution is 2.29. The number of rotatable bonds is 5. The molecule has 1 aliphatic rings. The van der Waals surface area contributed by atoms with Crippen molar-refractivity contribution in [3.63, 3.8) is 0 Å². The number of aromatic nitrogens is 2. The van der Waals surface area contributed by atoms with E-state index in [9.17, 15) is 9.59 Å². The van der Waals surface area contributed by atoms with Crippen molar-refractivity contribution in [3.8, 4) is 11.3 Å². The van der Waals surface area contributed by atoms with Crippen molar-refractivity contribution in [2.45, 2.75) is 25.8 Å². The summed E-state index contributed by atoms with van der Waals surface area (Å²) in [5, 5.41) is 4.76. The Bertz CT molecular complexity index is 1070. The highest BCUT2D eigenvalue weighted by Gasteiger charge is 2.19. The lowest BCUT2D eigenvalue weighted by Gasteiger charge is -2.30. The van der Waals surface area contributed by atoms with Gasteiger partial charge in [0.25, 0.3) is 5.56 Å². The van der Waals surface area contributed by atoms with Crippen molar-refractivity contribution in [2.75, 3.05) is 25.1 Å². The lowest BCUT2D eigenvalue weighted by atomic mass is 10.1. The molecule has 2 heterocycles. The molecule has 1 aromatic heterocycles. The van der Waals surface area contributed by atoms with Gasteiger partial charge in [0.05, 0.1) is 24.9 Å². The minimum absolute atomic E-state index is 0.132. The Hall–Kier alpha value is -3.41. The molecule has 6 heteroatoms. The van der Waals surface area contributed by atoms with Gasteiger partial charge in [-0.3, -0.25) is 4.79 Å². The van der Waals surface area contributed by atoms with Crippen LogP contribution in [-0.4, -0.2) is 35.9 Å². The van der Waals surface area contributed by atoms with Gasteiger partial charge in [0, 0.05) is 24.7 Å². The van der Waals surface area contributed by atoms with Crippen molar-refractivity contribution < 1.29 is 9.53 Å². The first-order valence-corrected chi connectivity index (χ1v) is 10.3. The fraction of sp³-hybridized carbons (Fsp3) is 0.292. The van der Waals surface area contributed by atoms with Gasteiger partial charge in [0.2, 0.25) is 0 Å². The third kappa shape index (κ3) is 4.27. The van der Waals surface area contributed by atoms with Crippen molar-refractivity contribution in [1.82, 2.24) is 9.78 Å². The molecule has 0 unspecified atom stereocenters. The van der Waals surface area contributed by atoms with E-state index in [0.29, 0.717) is 12.1 Å². The molecule has 2 aromatic carbocycles. The van der Waals surface area contributed by atoms with Crippen LogP contribution >= 0.6 is 0 Å².